The summed E-state index contributed by atoms with van der Waals surface area (Å²) in [5.41, 5.74) is 6.43. The molecule has 37 heavy (non-hydrogen) atoms. The summed E-state index contributed by atoms with van der Waals surface area (Å²) in [5, 5.41) is 13.9. The highest BCUT2D eigenvalue weighted by Gasteiger charge is 2.23. The van der Waals surface area contributed by atoms with Crippen molar-refractivity contribution in [2.45, 2.75) is 58.6 Å². The van der Waals surface area contributed by atoms with E-state index in [1.54, 1.807) is 6.92 Å². The zero-order valence-electron chi connectivity index (χ0n) is 22.5. The number of benzene rings is 1. The summed E-state index contributed by atoms with van der Waals surface area (Å²) in [6.45, 7) is 14.4. The third kappa shape index (κ3) is 6.59. The number of β-amino-alcohol motifs (C(OH)–C–C–N with tert-alkyl or cyclic N) is 1. The molecule has 1 saturated heterocycles. The first-order chi connectivity index (χ1) is 18.0. The minimum atomic E-state index is -0.485. The minimum Gasteiger partial charge on any atom is -0.390 e. The lowest BCUT2D eigenvalue weighted by Crippen LogP contribution is -2.40. The van der Waals surface area contributed by atoms with Gasteiger partial charge in [-0.3, -0.25) is 9.69 Å². The molecule has 0 spiro atoms. The second-order valence-corrected chi connectivity index (χ2v) is 9.90. The van der Waals surface area contributed by atoms with E-state index >= 15 is 0 Å². The normalized spacial score (nSPS) is 17.0. The van der Waals surface area contributed by atoms with Crippen molar-refractivity contribution in [3.63, 3.8) is 0 Å². The maximum absolute atomic E-state index is 11.6. The molecule has 3 aromatic rings. The molecule has 1 amide bonds. The van der Waals surface area contributed by atoms with Crippen LogP contribution in [0.5, 0.6) is 0 Å². The fraction of sp³-hybridized carbons (Fsp3) is 0.467. The second kappa shape index (κ2) is 12.4. The molecule has 1 fully saturated rings. The smallest absolute Gasteiger partial charge is 0.219 e. The van der Waals surface area contributed by atoms with Gasteiger partial charge in [-0.25, -0.2) is 4.98 Å². The van der Waals surface area contributed by atoms with Crippen LogP contribution in [0, 0.1) is 0 Å². The second-order valence-electron chi connectivity index (χ2n) is 9.90. The molecule has 2 N–H and O–H groups in total. The maximum Gasteiger partial charge on any atom is 0.219 e. The van der Waals surface area contributed by atoms with E-state index in [2.05, 4.69) is 57.7 Å². The highest BCUT2D eigenvalue weighted by Crippen LogP contribution is 2.28. The minimum absolute atomic E-state index is 0.163. The summed E-state index contributed by atoms with van der Waals surface area (Å²) < 4.78 is 2.05. The molecule has 2 aliphatic rings. The number of hydrogen-bond donors (Lipinski definition) is 2. The molecule has 1 atom stereocenters. The van der Waals surface area contributed by atoms with Gasteiger partial charge in [-0.15, -0.1) is 0 Å². The summed E-state index contributed by atoms with van der Waals surface area (Å²) in [4.78, 5) is 20.6. The average Bonchev–Trinajstić information content (AvgIpc) is 3.36. The Balaban J connectivity index is 0.00000156. The third-order valence-electron chi connectivity index (χ3n) is 7.42. The van der Waals surface area contributed by atoms with Crippen LogP contribution >= 0.6 is 0 Å². The van der Waals surface area contributed by atoms with E-state index in [1.165, 1.54) is 16.7 Å². The van der Waals surface area contributed by atoms with Crippen molar-refractivity contribution in [2.24, 2.45) is 0 Å². The number of likely N-dealkylation sites (tertiary alicyclic amines) is 1. The fourth-order valence-electron chi connectivity index (χ4n) is 5.33. The maximum atomic E-state index is 11.6. The zero-order valence-corrected chi connectivity index (χ0v) is 22.5. The molecule has 0 radical (unpaired) electrons. The number of aliphatic hydroxyl groups excluding tert-OH is 1. The van der Waals surface area contributed by atoms with Crippen LogP contribution < -0.4 is 5.32 Å². The van der Waals surface area contributed by atoms with Gasteiger partial charge in [-0.2, -0.15) is 0 Å². The van der Waals surface area contributed by atoms with Crippen LogP contribution in [0.3, 0.4) is 0 Å². The molecule has 0 aliphatic carbocycles. The average molecular weight is 504 g/mol. The number of nitrogens with one attached hydrogen (secondary N) is 1. The first-order valence-corrected chi connectivity index (χ1v) is 13.6. The van der Waals surface area contributed by atoms with Crippen molar-refractivity contribution in [2.75, 3.05) is 32.7 Å². The zero-order chi connectivity index (χ0) is 26.4. The van der Waals surface area contributed by atoms with Crippen LogP contribution in [-0.2, 0) is 17.8 Å². The highest BCUT2D eigenvalue weighted by molar-refractivity contribution is 5.73. The van der Waals surface area contributed by atoms with E-state index in [-0.39, 0.29) is 5.91 Å². The van der Waals surface area contributed by atoms with E-state index in [0.717, 1.165) is 56.8 Å². The number of aromatic nitrogens is 2. The van der Waals surface area contributed by atoms with Crippen LogP contribution in [0.4, 0.5) is 0 Å². The van der Waals surface area contributed by atoms with Gasteiger partial charge in [0, 0.05) is 58.6 Å². The Labute approximate surface area is 220 Å². The molecular formula is C30H41N5O2. The van der Waals surface area contributed by atoms with Gasteiger partial charge in [0.15, 0.2) is 0 Å². The first-order valence-electron chi connectivity index (χ1n) is 13.6. The number of aliphatic hydroxyl groups is 1. The van der Waals surface area contributed by atoms with E-state index in [9.17, 15) is 9.90 Å². The van der Waals surface area contributed by atoms with Gasteiger partial charge in [-0.05, 0) is 47.9 Å². The summed E-state index contributed by atoms with van der Waals surface area (Å²) in [7, 11) is 0. The Kier molecular flexibility index (Phi) is 9.00. The van der Waals surface area contributed by atoms with Gasteiger partial charge in [0.1, 0.15) is 11.3 Å². The number of piperidine rings is 1. The molecule has 1 aromatic carbocycles. The number of rotatable bonds is 7. The van der Waals surface area contributed by atoms with Gasteiger partial charge in [0.25, 0.3) is 0 Å². The Morgan fingerprint density at radius 3 is 2.57 bits per heavy atom. The van der Waals surface area contributed by atoms with E-state index in [0.29, 0.717) is 24.7 Å². The predicted octanol–water partition coefficient (Wildman–Crippen LogP) is 4.07. The Morgan fingerprint density at radius 2 is 1.84 bits per heavy atom. The van der Waals surface area contributed by atoms with Crippen LogP contribution in [-0.4, -0.2) is 69.0 Å². The van der Waals surface area contributed by atoms with Crippen LogP contribution in [0.15, 0.2) is 55.4 Å². The lowest BCUT2D eigenvalue weighted by atomic mass is 9.90. The lowest BCUT2D eigenvalue weighted by Gasteiger charge is -2.31. The van der Waals surface area contributed by atoms with Crippen molar-refractivity contribution in [1.82, 2.24) is 24.5 Å². The monoisotopic (exact) mass is 503 g/mol. The summed E-state index contributed by atoms with van der Waals surface area (Å²) in [6, 6.07) is 12.8. The van der Waals surface area contributed by atoms with Crippen molar-refractivity contribution in [1.29, 1.82) is 0 Å². The Bertz CT molecular complexity index is 1210. The molecule has 2 aromatic heterocycles. The van der Waals surface area contributed by atoms with Crippen molar-refractivity contribution in [3.05, 3.63) is 77.8 Å². The number of carbonyl (C=O) groups is 1. The van der Waals surface area contributed by atoms with E-state index in [4.69, 9.17) is 4.98 Å². The standard InChI is InChI=1S/C28H35N5O2.C2H6/c1-20(29-15-26(35)18-31-12-9-22-5-3-4-6-24(22)16-31)27-19-33-17-25(7-8-28(33)30-27)23-10-13-32(14-11-23)21(2)34;1-2/h3-8,17,19,23,26,29,35H,1,9-16,18H2,2H3;1-2H3. The molecular weight excluding hydrogens is 462 g/mol. The van der Waals surface area contributed by atoms with Crippen LogP contribution in [0.2, 0.25) is 0 Å². The topological polar surface area (TPSA) is 73.1 Å². The van der Waals surface area contributed by atoms with Crippen LogP contribution in [0.25, 0.3) is 11.3 Å². The molecule has 7 heteroatoms. The first kappa shape index (κ1) is 26.9. The van der Waals surface area contributed by atoms with E-state index in [1.807, 2.05) is 31.0 Å². The molecule has 1 unspecified atom stereocenters. The predicted molar refractivity (Wildman–Crippen MR) is 149 cm³/mol. The number of nitrogens with zero attached hydrogens (tertiary/aromatic N) is 4. The van der Waals surface area contributed by atoms with Crippen molar-refractivity contribution in [3.8, 4) is 0 Å². The molecule has 0 bridgehead atoms. The Morgan fingerprint density at radius 1 is 1.11 bits per heavy atom. The number of amides is 1. The number of imidazole rings is 1. The molecule has 5 rings (SSSR count). The number of pyridine rings is 1. The van der Waals surface area contributed by atoms with Gasteiger partial charge in [0.2, 0.25) is 5.91 Å². The molecule has 2 aliphatic heterocycles. The number of hydrogen-bond acceptors (Lipinski definition) is 5. The lowest BCUT2D eigenvalue weighted by molar-refractivity contribution is -0.129. The molecule has 198 valence electrons. The summed E-state index contributed by atoms with van der Waals surface area (Å²) in [5.74, 6) is 0.620. The molecule has 7 nitrogen and oxygen atoms in total. The van der Waals surface area contributed by atoms with Gasteiger partial charge in [0.05, 0.1) is 11.8 Å². The van der Waals surface area contributed by atoms with Crippen LogP contribution in [0.1, 0.15) is 61.9 Å². The molecule has 0 saturated carbocycles. The fourth-order valence-corrected chi connectivity index (χ4v) is 5.33. The summed E-state index contributed by atoms with van der Waals surface area (Å²) >= 11 is 0. The summed E-state index contributed by atoms with van der Waals surface area (Å²) in [6.07, 6.45) is 6.66. The highest BCUT2D eigenvalue weighted by atomic mass is 16.3. The Hall–Kier alpha value is -3.16. The van der Waals surface area contributed by atoms with Gasteiger partial charge in [-0.1, -0.05) is 50.8 Å². The van der Waals surface area contributed by atoms with E-state index < -0.39 is 6.10 Å². The number of fused-ring (bicyclic) bond motifs is 2. The quantitative estimate of drug-likeness (QED) is 0.509. The van der Waals surface area contributed by atoms with Gasteiger partial charge < -0.3 is 19.7 Å². The SMILES string of the molecule is C=C(NCC(O)CN1CCc2ccccc2C1)c1cn2cc(C3CCN(C(C)=O)CC3)ccc2n1.CC. The molecule has 4 heterocycles. The third-order valence-corrected chi connectivity index (χ3v) is 7.42. The van der Waals surface area contributed by atoms with Gasteiger partial charge >= 0.3 is 0 Å². The van der Waals surface area contributed by atoms with Crippen molar-refractivity contribution < 1.29 is 9.90 Å². The van der Waals surface area contributed by atoms with Crippen molar-refractivity contribution >= 4 is 17.3 Å². The largest absolute Gasteiger partial charge is 0.390 e. The number of carbonyl (C=O) groups excluding carboxylic acids is 1.